The van der Waals surface area contributed by atoms with Crippen LogP contribution < -0.4 is 15.4 Å². The lowest BCUT2D eigenvalue weighted by molar-refractivity contribution is -0.120. The Morgan fingerprint density at radius 3 is 2.48 bits per heavy atom. The van der Waals surface area contributed by atoms with Crippen molar-refractivity contribution in [2.45, 2.75) is 6.54 Å². The van der Waals surface area contributed by atoms with Crippen LogP contribution in [0.5, 0.6) is 5.75 Å². The van der Waals surface area contributed by atoms with Gasteiger partial charge in [0.1, 0.15) is 11.6 Å². The fourth-order valence-electron chi connectivity index (χ4n) is 2.84. The van der Waals surface area contributed by atoms with Crippen molar-refractivity contribution < 1.29 is 18.7 Å². The van der Waals surface area contributed by atoms with E-state index in [9.17, 15) is 14.0 Å². The number of rotatable bonds is 6. The lowest BCUT2D eigenvalue weighted by Crippen LogP contribution is -2.37. The van der Waals surface area contributed by atoms with E-state index in [1.54, 1.807) is 13.2 Å². The zero-order valence-electron chi connectivity index (χ0n) is 14.8. The summed E-state index contributed by atoms with van der Waals surface area (Å²) in [7, 11) is 1.57. The highest BCUT2D eigenvalue weighted by atomic mass is 19.1. The highest BCUT2D eigenvalue weighted by molar-refractivity contribution is 5.96. The maximum absolute atomic E-state index is 13.6. The largest absolute Gasteiger partial charge is 0.496 e. The van der Waals surface area contributed by atoms with E-state index < -0.39 is 11.7 Å². The normalized spacial score (nSPS) is 10.4. The Hall–Kier alpha value is -3.41. The molecule has 0 heterocycles. The number of nitrogens with one attached hydrogen (secondary N) is 2. The minimum absolute atomic E-state index is 0.0963. The molecule has 0 spiro atoms. The summed E-state index contributed by atoms with van der Waals surface area (Å²) >= 11 is 0. The van der Waals surface area contributed by atoms with Gasteiger partial charge in [-0.3, -0.25) is 9.59 Å². The van der Waals surface area contributed by atoms with Crippen molar-refractivity contribution >= 4 is 22.6 Å². The lowest BCUT2D eigenvalue weighted by Gasteiger charge is -2.13. The van der Waals surface area contributed by atoms with Gasteiger partial charge in [-0.15, -0.1) is 0 Å². The molecule has 0 aliphatic heterocycles. The van der Waals surface area contributed by atoms with Crippen molar-refractivity contribution in [3.63, 3.8) is 0 Å². The van der Waals surface area contributed by atoms with E-state index in [1.165, 1.54) is 18.2 Å². The molecule has 0 atom stereocenters. The molecule has 27 heavy (non-hydrogen) atoms. The monoisotopic (exact) mass is 366 g/mol. The summed E-state index contributed by atoms with van der Waals surface area (Å²) in [5.41, 5.74) is 0.755. The zero-order chi connectivity index (χ0) is 19.2. The third-order valence-electron chi connectivity index (χ3n) is 4.21. The van der Waals surface area contributed by atoms with Gasteiger partial charge in [-0.1, -0.05) is 42.5 Å². The Kier molecular flexibility index (Phi) is 5.66. The molecule has 3 aromatic rings. The summed E-state index contributed by atoms with van der Waals surface area (Å²) in [4.78, 5) is 24.1. The third-order valence-corrected chi connectivity index (χ3v) is 4.21. The van der Waals surface area contributed by atoms with Crippen LogP contribution in [0.4, 0.5) is 4.39 Å². The first-order valence-corrected chi connectivity index (χ1v) is 8.44. The molecule has 0 fully saturated rings. The predicted octanol–water partition coefficient (Wildman–Crippen LogP) is 3.03. The molecular weight excluding hydrogens is 347 g/mol. The average Bonchev–Trinajstić information content (AvgIpc) is 2.70. The van der Waals surface area contributed by atoms with Crippen molar-refractivity contribution in [3.05, 3.63) is 77.6 Å². The Labute approximate surface area is 156 Å². The fourth-order valence-corrected chi connectivity index (χ4v) is 2.84. The summed E-state index contributed by atoms with van der Waals surface area (Å²) in [6, 6.07) is 17.2. The van der Waals surface area contributed by atoms with Gasteiger partial charge < -0.3 is 15.4 Å². The maximum atomic E-state index is 13.6. The molecule has 2 amide bonds. The summed E-state index contributed by atoms with van der Waals surface area (Å²) in [6.45, 7) is -0.000816. The fraction of sp³-hybridized carbons (Fsp3) is 0.143. The SMILES string of the molecule is COc1ccc2ccccc2c1CNC(=O)CNC(=O)c1ccccc1F. The minimum atomic E-state index is -0.633. The second-order valence-corrected chi connectivity index (χ2v) is 5.91. The van der Waals surface area contributed by atoms with Gasteiger partial charge in [0.25, 0.3) is 5.91 Å². The van der Waals surface area contributed by atoms with E-state index in [0.29, 0.717) is 5.75 Å². The Morgan fingerprint density at radius 2 is 1.70 bits per heavy atom. The van der Waals surface area contributed by atoms with Crippen molar-refractivity contribution in [2.75, 3.05) is 13.7 Å². The summed E-state index contributed by atoms with van der Waals surface area (Å²) in [6.07, 6.45) is 0. The molecule has 0 radical (unpaired) electrons. The summed E-state index contributed by atoms with van der Waals surface area (Å²) in [5, 5.41) is 7.20. The quantitative estimate of drug-likeness (QED) is 0.705. The van der Waals surface area contributed by atoms with Gasteiger partial charge in [-0.25, -0.2) is 4.39 Å². The number of halogens is 1. The van der Waals surface area contributed by atoms with Crippen molar-refractivity contribution in [3.8, 4) is 5.75 Å². The summed E-state index contributed by atoms with van der Waals surface area (Å²) < 4.78 is 19.0. The first-order chi connectivity index (χ1) is 13.1. The highest BCUT2D eigenvalue weighted by Crippen LogP contribution is 2.27. The number of benzene rings is 3. The predicted molar refractivity (Wildman–Crippen MR) is 101 cm³/mol. The molecule has 3 aromatic carbocycles. The number of carbonyl (C=O) groups is 2. The van der Waals surface area contributed by atoms with Crippen LogP contribution in [-0.4, -0.2) is 25.5 Å². The number of methoxy groups -OCH3 is 1. The number of carbonyl (C=O) groups excluding carboxylic acids is 2. The molecule has 0 unspecified atom stereocenters. The Morgan fingerprint density at radius 1 is 0.963 bits per heavy atom. The molecule has 0 saturated carbocycles. The van der Waals surface area contributed by atoms with E-state index in [2.05, 4.69) is 10.6 Å². The molecule has 0 saturated heterocycles. The Balaban J connectivity index is 1.64. The number of amides is 2. The molecule has 0 aliphatic carbocycles. The van der Waals surface area contributed by atoms with Crippen LogP contribution in [0, 0.1) is 5.82 Å². The smallest absolute Gasteiger partial charge is 0.254 e. The van der Waals surface area contributed by atoms with Crippen LogP contribution in [-0.2, 0) is 11.3 Å². The molecule has 6 heteroatoms. The highest BCUT2D eigenvalue weighted by Gasteiger charge is 2.13. The van der Waals surface area contributed by atoms with Gasteiger partial charge in [-0.05, 0) is 29.0 Å². The molecule has 5 nitrogen and oxygen atoms in total. The lowest BCUT2D eigenvalue weighted by atomic mass is 10.0. The van der Waals surface area contributed by atoms with Gasteiger partial charge in [0.2, 0.25) is 5.91 Å². The molecule has 138 valence electrons. The molecule has 0 bridgehead atoms. The number of hydrogen-bond donors (Lipinski definition) is 2. The second-order valence-electron chi connectivity index (χ2n) is 5.91. The van der Waals surface area contributed by atoms with E-state index in [0.717, 1.165) is 16.3 Å². The molecular formula is C21H19FN2O3. The topological polar surface area (TPSA) is 67.4 Å². The molecule has 3 rings (SSSR count). The van der Waals surface area contributed by atoms with Gasteiger partial charge in [0.05, 0.1) is 19.2 Å². The van der Waals surface area contributed by atoms with Gasteiger partial charge in [-0.2, -0.15) is 0 Å². The van der Waals surface area contributed by atoms with Crippen LogP contribution in [0.2, 0.25) is 0 Å². The van der Waals surface area contributed by atoms with Crippen LogP contribution in [0.15, 0.2) is 60.7 Å². The van der Waals surface area contributed by atoms with Crippen molar-refractivity contribution in [1.29, 1.82) is 0 Å². The molecule has 0 aliphatic rings. The standard InChI is InChI=1S/C21H19FN2O3/c1-27-19-11-10-14-6-2-3-7-15(14)17(19)12-23-20(25)13-24-21(26)16-8-4-5-9-18(16)22/h2-11H,12-13H2,1H3,(H,23,25)(H,24,26). The van der Waals surface area contributed by atoms with E-state index >= 15 is 0 Å². The van der Waals surface area contributed by atoms with Gasteiger partial charge >= 0.3 is 0 Å². The average molecular weight is 366 g/mol. The second kappa shape index (κ2) is 8.31. The van der Waals surface area contributed by atoms with Crippen molar-refractivity contribution in [1.82, 2.24) is 10.6 Å². The van der Waals surface area contributed by atoms with Crippen molar-refractivity contribution in [2.24, 2.45) is 0 Å². The summed E-state index contributed by atoms with van der Waals surface area (Å²) in [5.74, 6) is -0.971. The zero-order valence-corrected chi connectivity index (χ0v) is 14.8. The number of fused-ring (bicyclic) bond motifs is 1. The molecule has 0 aromatic heterocycles. The Bertz CT molecular complexity index is 988. The third kappa shape index (κ3) is 4.23. The van der Waals surface area contributed by atoms with E-state index in [4.69, 9.17) is 4.74 Å². The van der Waals surface area contributed by atoms with Crippen LogP contribution >= 0.6 is 0 Å². The van der Waals surface area contributed by atoms with Crippen LogP contribution in [0.1, 0.15) is 15.9 Å². The number of hydrogen-bond acceptors (Lipinski definition) is 3. The first-order valence-electron chi connectivity index (χ1n) is 8.44. The van der Waals surface area contributed by atoms with Gasteiger partial charge in [0, 0.05) is 12.1 Å². The van der Waals surface area contributed by atoms with Crippen LogP contribution in [0.3, 0.4) is 0 Å². The minimum Gasteiger partial charge on any atom is -0.496 e. The first kappa shape index (κ1) is 18.4. The van der Waals surface area contributed by atoms with Crippen LogP contribution in [0.25, 0.3) is 10.8 Å². The molecule has 2 N–H and O–H groups in total. The van der Waals surface area contributed by atoms with E-state index in [1.807, 2.05) is 36.4 Å². The number of ether oxygens (including phenoxy) is 1. The van der Waals surface area contributed by atoms with E-state index in [-0.39, 0.29) is 24.6 Å². The maximum Gasteiger partial charge on any atom is 0.254 e. The van der Waals surface area contributed by atoms with Gasteiger partial charge in [0.15, 0.2) is 0 Å².